The Hall–Kier alpha value is -3.42. The average Bonchev–Trinajstić information content (AvgIpc) is 3.23. The highest BCUT2D eigenvalue weighted by Crippen LogP contribution is 2.27. The summed E-state index contributed by atoms with van der Waals surface area (Å²) >= 11 is 0. The summed E-state index contributed by atoms with van der Waals surface area (Å²) in [5, 5.41) is 2.61. The molecule has 1 N–H and O–H groups in total. The molecule has 0 radical (unpaired) electrons. The van der Waals surface area contributed by atoms with Crippen molar-refractivity contribution in [3.63, 3.8) is 0 Å². The van der Waals surface area contributed by atoms with Gasteiger partial charge in [0.2, 0.25) is 5.91 Å². The normalized spacial score (nSPS) is 16.6. The zero-order valence-corrected chi connectivity index (χ0v) is 14.6. The van der Waals surface area contributed by atoms with E-state index in [1.807, 2.05) is 24.3 Å². The zero-order chi connectivity index (χ0) is 19.0. The maximum atomic E-state index is 14.8. The molecular weight excluding hydrogens is 351 g/mol. The molecule has 0 unspecified atom stereocenters. The molecule has 1 fully saturated rings. The number of anilines is 1. The lowest BCUT2D eigenvalue weighted by molar-refractivity contribution is -0.119. The molecule has 27 heavy (non-hydrogen) atoms. The van der Waals surface area contributed by atoms with Gasteiger partial charge in [-0.05, 0) is 30.3 Å². The van der Waals surface area contributed by atoms with E-state index in [1.54, 1.807) is 23.0 Å². The Bertz CT molecular complexity index is 1030. The number of hydrogen-bond acceptors (Lipinski definition) is 4. The molecule has 1 aromatic heterocycles. The van der Waals surface area contributed by atoms with Gasteiger partial charge < -0.3 is 10.1 Å². The predicted molar refractivity (Wildman–Crippen MR) is 97.3 cm³/mol. The molecule has 2 amide bonds. The number of carbonyl (C=O) groups is 2. The second-order valence-corrected chi connectivity index (χ2v) is 6.29. The van der Waals surface area contributed by atoms with Gasteiger partial charge in [0, 0.05) is 6.92 Å². The van der Waals surface area contributed by atoms with Crippen molar-refractivity contribution in [2.75, 3.05) is 18.0 Å². The van der Waals surface area contributed by atoms with Crippen LogP contribution in [0.3, 0.4) is 0 Å². The Balaban J connectivity index is 1.59. The Morgan fingerprint density at radius 1 is 1.33 bits per heavy atom. The summed E-state index contributed by atoms with van der Waals surface area (Å²) in [4.78, 5) is 28.7. The number of aromatic nitrogens is 2. The topological polar surface area (TPSA) is 76.5 Å². The highest BCUT2D eigenvalue weighted by atomic mass is 19.1. The number of nitrogens with one attached hydrogen (secondary N) is 1. The Kier molecular flexibility index (Phi) is 4.23. The molecule has 7 nitrogen and oxygen atoms in total. The van der Waals surface area contributed by atoms with Gasteiger partial charge in [-0.25, -0.2) is 14.2 Å². The molecule has 0 aliphatic carbocycles. The SMILES string of the molecule is CC(=O)NC[C@H]1CN(c2ccc(-n3cnc4ccccc43)c(F)c2)C(=O)O1. The first-order chi connectivity index (χ1) is 13.0. The fourth-order valence-corrected chi connectivity index (χ4v) is 3.11. The number of rotatable bonds is 4. The molecule has 0 bridgehead atoms. The quantitative estimate of drug-likeness (QED) is 0.768. The minimum absolute atomic E-state index is 0.201. The van der Waals surface area contributed by atoms with Gasteiger partial charge in [0.15, 0.2) is 0 Å². The number of cyclic esters (lactones) is 1. The van der Waals surface area contributed by atoms with E-state index in [9.17, 15) is 14.0 Å². The Labute approximate surface area is 154 Å². The van der Waals surface area contributed by atoms with Crippen LogP contribution in [0.25, 0.3) is 16.7 Å². The standard InChI is InChI=1S/C19H17FN4O3/c1-12(25)21-9-14-10-23(19(26)27-14)13-6-7-17(15(20)8-13)24-11-22-16-4-2-3-5-18(16)24/h2-8,11,14H,9-10H2,1H3,(H,21,25)/t14-/m0/s1. The third-order valence-electron chi connectivity index (χ3n) is 4.41. The van der Waals surface area contributed by atoms with E-state index >= 15 is 0 Å². The highest BCUT2D eigenvalue weighted by molar-refractivity contribution is 5.90. The van der Waals surface area contributed by atoms with Crippen molar-refractivity contribution in [1.29, 1.82) is 0 Å². The van der Waals surface area contributed by atoms with Crippen LogP contribution in [0.1, 0.15) is 6.92 Å². The summed E-state index contributed by atoms with van der Waals surface area (Å²) in [6.45, 7) is 1.85. The minimum Gasteiger partial charge on any atom is -0.442 e. The third kappa shape index (κ3) is 3.21. The van der Waals surface area contributed by atoms with Crippen LogP contribution >= 0.6 is 0 Å². The van der Waals surface area contributed by atoms with Crippen LogP contribution in [0.4, 0.5) is 14.9 Å². The fraction of sp³-hybridized carbons (Fsp3) is 0.211. The van der Waals surface area contributed by atoms with Crippen LogP contribution in [-0.4, -0.2) is 40.7 Å². The summed E-state index contributed by atoms with van der Waals surface area (Å²) < 4.78 is 21.7. The first-order valence-electron chi connectivity index (χ1n) is 8.47. The summed E-state index contributed by atoms with van der Waals surface area (Å²) in [6, 6.07) is 12.0. The van der Waals surface area contributed by atoms with Crippen molar-refractivity contribution >= 4 is 28.7 Å². The molecule has 1 atom stereocenters. The van der Waals surface area contributed by atoms with Gasteiger partial charge in [-0.15, -0.1) is 0 Å². The number of hydrogen-bond donors (Lipinski definition) is 1. The lowest BCUT2D eigenvalue weighted by Crippen LogP contribution is -2.33. The highest BCUT2D eigenvalue weighted by Gasteiger charge is 2.32. The number of carbonyl (C=O) groups excluding carboxylic acids is 2. The van der Waals surface area contributed by atoms with E-state index in [0.29, 0.717) is 11.4 Å². The molecule has 2 aromatic carbocycles. The van der Waals surface area contributed by atoms with Gasteiger partial charge in [0.05, 0.1) is 35.5 Å². The van der Waals surface area contributed by atoms with Crippen molar-refractivity contribution < 1.29 is 18.7 Å². The zero-order valence-electron chi connectivity index (χ0n) is 14.6. The van der Waals surface area contributed by atoms with E-state index < -0.39 is 18.0 Å². The molecule has 0 spiro atoms. The number of benzene rings is 2. The van der Waals surface area contributed by atoms with E-state index in [1.165, 1.54) is 17.9 Å². The molecule has 1 saturated heterocycles. The molecule has 2 heterocycles. The van der Waals surface area contributed by atoms with Gasteiger partial charge in [0.1, 0.15) is 18.2 Å². The molecule has 4 rings (SSSR count). The number of ether oxygens (including phenoxy) is 1. The van der Waals surface area contributed by atoms with Gasteiger partial charge in [-0.2, -0.15) is 0 Å². The van der Waals surface area contributed by atoms with Crippen molar-refractivity contribution in [2.24, 2.45) is 0 Å². The number of imidazole rings is 1. The predicted octanol–water partition coefficient (Wildman–Crippen LogP) is 2.63. The maximum Gasteiger partial charge on any atom is 0.414 e. The number of para-hydroxylation sites is 2. The van der Waals surface area contributed by atoms with Crippen LogP contribution in [0.15, 0.2) is 48.8 Å². The molecule has 0 saturated carbocycles. The second kappa shape index (κ2) is 6.71. The third-order valence-corrected chi connectivity index (χ3v) is 4.41. The van der Waals surface area contributed by atoms with E-state index in [2.05, 4.69) is 10.3 Å². The largest absolute Gasteiger partial charge is 0.442 e. The number of amides is 2. The average molecular weight is 368 g/mol. The van der Waals surface area contributed by atoms with Crippen molar-refractivity contribution in [3.8, 4) is 5.69 Å². The van der Waals surface area contributed by atoms with E-state index in [0.717, 1.165) is 11.0 Å². The summed E-state index contributed by atoms with van der Waals surface area (Å²) in [7, 11) is 0. The first kappa shape index (κ1) is 17.0. The molecule has 1 aliphatic heterocycles. The van der Waals surface area contributed by atoms with Crippen LogP contribution < -0.4 is 10.2 Å². The van der Waals surface area contributed by atoms with Crippen molar-refractivity contribution in [2.45, 2.75) is 13.0 Å². The minimum atomic E-state index is -0.564. The van der Waals surface area contributed by atoms with Gasteiger partial charge >= 0.3 is 6.09 Å². The Morgan fingerprint density at radius 2 is 2.15 bits per heavy atom. The monoisotopic (exact) mass is 368 g/mol. The van der Waals surface area contributed by atoms with Crippen molar-refractivity contribution in [1.82, 2.24) is 14.9 Å². The van der Waals surface area contributed by atoms with E-state index in [4.69, 9.17) is 4.74 Å². The molecular formula is C19H17FN4O3. The lowest BCUT2D eigenvalue weighted by Gasteiger charge is -2.15. The first-order valence-corrected chi connectivity index (χ1v) is 8.47. The lowest BCUT2D eigenvalue weighted by atomic mass is 10.2. The fourth-order valence-electron chi connectivity index (χ4n) is 3.11. The van der Waals surface area contributed by atoms with Crippen LogP contribution in [0.5, 0.6) is 0 Å². The number of fused-ring (bicyclic) bond motifs is 1. The van der Waals surface area contributed by atoms with Crippen LogP contribution in [0, 0.1) is 5.82 Å². The summed E-state index contributed by atoms with van der Waals surface area (Å²) in [5.74, 6) is -0.679. The number of nitrogens with zero attached hydrogens (tertiary/aromatic N) is 3. The van der Waals surface area contributed by atoms with Crippen molar-refractivity contribution in [3.05, 3.63) is 54.6 Å². The van der Waals surface area contributed by atoms with Gasteiger partial charge in [0.25, 0.3) is 0 Å². The van der Waals surface area contributed by atoms with E-state index in [-0.39, 0.29) is 19.0 Å². The molecule has 3 aromatic rings. The molecule has 8 heteroatoms. The number of halogens is 1. The summed E-state index contributed by atoms with van der Waals surface area (Å²) in [6.07, 6.45) is 0.531. The van der Waals surface area contributed by atoms with Crippen LogP contribution in [-0.2, 0) is 9.53 Å². The summed E-state index contributed by atoms with van der Waals surface area (Å²) in [5.41, 5.74) is 2.30. The Morgan fingerprint density at radius 3 is 2.93 bits per heavy atom. The van der Waals surface area contributed by atoms with Gasteiger partial charge in [-0.1, -0.05) is 12.1 Å². The smallest absolute Gasteiger partial charge is 0.414 e. The second-order valence-electron chi connectivity index (χ2n) is 6.29. The van der Waals surface area contributed by atoms with Gasteiger partial charge in [-0.3, -0.25) is 14.3 Å². The maximum absolute atomic E-state index is 14.8. The van der Waals surface area contributed by atoms with Crippen LogP contribution in [0.2, 0.25) is 0 Å². The molecule has 1 aliphatic rings. The molecule has 138 valence electrons.